The summed E-state index contributed by atoms with van der Waals surface area (Å²) in [4.78, 5) is 12.2. The molecule has 0 aliphatic carbocycles. The summed E-state index contributed by atoms with van der Waals surface area (Å²) in [5, 5.41) is 1.98. The molecule has 0 saturated heterocycles. The van der Waals surface area contributed by atoms with Gasteiger partial charge < -0.3 is 0 Å². The number of Topliss-reactive ketones (excluding diaryl/α,β-unsaturated/α-hetero) is 1. The van der Waals surface area contributed by atoms with Crippen LogP contribution in [0.15, 0.2) is 28.6 Å². The summed E-state index contributed by atoms with van der Waals surface area (Å²) in [6, 6.07) is 1.98. The third kappa shape index (κ3) is 2.91. The Balaban J connectivity index is 2.52. The average molecular weight is 245 g/mol. The summed E-state index contributed by atoms with van der Waals surface area (Å²) in [6.45, 7) is 3.52. The van der Waals surface area contributed by atoms with Gasteiger partial charge in [0.2, 0.25) is 0 Å². The summed E-state index contributed by atoms with van der Waals surface area (Å²) < 4.78 is 1.05. The molecule has 0 amide bonds. The number of ketones is 1. The molecule has 0 aliphatic heterocycles. The number of hydrogen-bond acceptors (Lipinski definition) is 2. The molecular formula is C9H9BrOS. The lowest BCUT2D eigenvalue weighted by Crippen LogP contribution is -1.98. The minimum Gasteiger partial charge on any atom is -0.299 e. The first kappa shape index (κ1) is 9.68. The number of allylic oxidation sites excluding steroid dienone is 1. The van der Waals surface area contributed by atoms with E-state index in [9.17, 15) is 4.79 Å². The molecule has 0 saturated carbocycles. The Bertz CT molecular complexity index is 290. The number of carbonyl (C=O) groups is 1. The zero-order chi connectivity index (χ0) is 8.97. The first-order chi connectivity index (χ1) is 5.72. The normalized spacial score (nSPS) is 9.75. The van der Waals surface area contributed by atoms with Crippen LogP contribution in [0.25, 0.3) is 0 Å². The topological polar surface area (TPSA) is 17.1 Å². The van der Waals surface area contributed by atoms with Gasteiger partial charge in [-0.1, -0.05) is 6.08 Å². The van der Waals surface area contributed by atoms with E-state index in [4.69, 9.17) is 0 Å². The van der Waals surface area contributed by atoms with Crippen molar-refractivity contribution in [2.75, 3.05) is 0 Å². The molecule has 1 aromatic rings. The summed E-state index contributed by atoms with van der Waals surface area (Å²) >= 11 is 4.94. The maximum atomic E-state index is 11.1. The number of halogens is 1. The smallest absolute Gasteiger partial charge is 0.141 e. The largest absolute Gasteiger partial charge is 0.299 e. The van der Waals surface area contributed by atoms with Crippen molar-refractivity contribution in [3.05, 3.63) is 33.5 Å². The molecule has 0 aliphatic rings. The van der Waals surface area contributed by atoms with Crippen molar-refractivity contribution in [3.8, 4) is 0 Å². The van der Waals surface area contributed by atoms with Gasteiger partial charge in [0.05, 0.1) is 0 Å². The van der Waals surface area contributed by atoms with Crippen LogP contribution < -0.4 is 0 Å². The van der Waals surface area contributed by atoms with E-state index in [2.05, 4.69) is 22.5 Å². The van der Waals surface area contributed by atoms with Crippen LogP contribution in [0.1, 0.15) is 11.3 Å². The van der Waals surface area contributed by atoms with E-state index in [1.54, 1.807) is 17.4 Å². The van der Waals surface area contributed by atoms with Crippen LogP contribution in [-0.4, -0.2) is 5.78 Å². The van der Waals surface area contributed by atoms with Crippen LogP contribution in [0.3, 0.4) is 0 Å². The van der Waals surface area contributed by atoms with E-state index in [0.29, 0.717) is 12.8 Å². The lowest BCUT2D eigenvalue weighted by Gasteiger charge is -1.92. The van der Waals surface area contributed by atoms with E-state index in [1.807, 2.05) is 11.4 Å². The Hall–Kier alpha value is -0.410. The maximum Gasteiger partial charge on any atom is 0.141 e. The summed E-state index contributed by atoms with van der Waals surface area (Å²) in [5.74, 6) is 0.222. The monoisotopic (exact) mass is 244 g/mol. The van der Waals surface area contributed by atoms with Gasteiger partial charge in [-0.15, -0.1) is 17.9 Å². The molecule has 3 heteroatoms. The quantitative estimate of drug-likeness (QED) is 0.744. The molecular weight excluding hydrogens is 236 g/mol. The Morgan fingerprint density at radius 1 is 1.75 bits per heavy atom. The van der Waals surface area contributed by atoms with Crippen LogP contribution in [0, 0.1) is 0 Å². The van der Waals surface area contributed by atoms with Crippen LogP contribution in [0.5, 0.6) is 0 Å². The summed E-state index contributed by atoms with van der Waals surface area (Å²) in [5.41, 5.74) is 0. The predicted molar refractivity (Wildman–Crippen MR) is 55.5 cm³/mol. The van der Waals surface area contributed by atoms with Gasteiger partial charge in [-0.2, -0.15) is 0 Å². The first-order valence-corrected chi connectivity index (χ1v) is 5.25. The lowest BCUT2D eigenvalue weighted by atomic mass is 10.2. The number of carbonyl (C=O) groups excluding carboxylic acids is 1. The molecule has 0 spiro atoms. The molecule has 1 rings (SSSR count). The molecule has 0 N–H and O–H groups in total. The second kappa shape index (κ2) is 4.58. The second-order valence-electron chi connectivity index (χ2n) is 2.44. The third-order valence-corrected chi connectivity index (χ3v) is 3.06. The van der Waals surface area contributed by atoms with Crippen molar-refractivity contribution in [1.29, 1.82) is 0 Å². The highest BCUT2D eigenvalue weighted by molar-refractivity contribution is 9.10. The van der Waals surface area contributed by atoms with E-state index < -0.39 is 0 Å². The Labute approximate surface area is 84.2 Å². The van der Waals surface area contributed by atoms with Crippen molar-refractivity contribution < 1.29 is 4.79 Å². The van der Waals surface area contributed by atoms with Gasteiger partial charge in [-0.05, 0) is 22.0 Å². The fourth-order valence-electron chi connectivity index (χ4n) is 0.874. The first-order valence-electron chi connectivity index (χ1n) is 3.58. The number of rotatable bonds is 4. The fourth-order valence-corrected chi connectivity index (χ4v) is 2.35. The molecule has 1 aromatic heterocycles. The van der Waals surface area contributed by atoms with Crippen molar-refractivity contribution in [1.82, 2.24) is 0 Å². The fraction of sp³-hybridized carbons (Fsp3) is 0.222. The van der Waals surface area contributed by atoms with Gasteiger partial charge in [0.25, 0.3) is 0 Å². The summed E-state index contributed by atoms with van der Waals surface area (Å²) in [6.07, 6.45) is 2.64. The van der Waals surface area contributed by atoms with E-state index in [1.165, 1.54) is 0 Å². The highest BCUT2D eigenvalue weighted by atomic mass is 79.9. The Morgan fingerprint density at radius 3 is 3.00 bits per heavy atom. The molecule has 0 atom stereocenters. The average Bonchev–Trinajstić information content (AvgIpc) is 2.36. The Morgan fingerprint density at radius 2 is 2.50 bits per heavy atom. The molecule has 0 aromatic carbocycles. The van der Waals surface area contributed by atoms with Crippen molar-refractivity contribution in [3.63, 3.8) is 0 Å². The maximum absolute atomic E-state index is 11.1. The van der Waals surface area contributed by atoms with Gasteiger partial charge in [0.15, 0.2) is 0 Å². The molecule has 12 heavy (non-hydrogen) atoms. The highest BCUT2D eigenvalue weighted by Gasteiger charge is 2.03. The number of hydrogen-bond donors (Lipinski definition) is 0. The van der Waals surface area contributed by atoms with Gasteiger partial charge in [-0.3, -0.25) is 4.79 Å². The molecule has 64 valence electrons. The van der Waals surface area contributed by atoms with Crippen LogP contribution in [0.4, 0.5) is 0 Å². The van der Waals surface area contributed by atoms with Crippen molar-refractivity contribution in [2.24, 2.45) is 0 Å². The molecule has 0 bridgehead atoms. The third-order valence-electron chi connectivity index (χ3n) is 1.37. The van der Waals surface area contributed by atoms with Crippen molar-refractivity contribution >= 4 is 33.0 Å². The summed E-state index contributed by atoms with van der Waals surface area (Å²) in [7, 11) is 0. The minimum absolute atomic E-state index is 0.222. The number of thiophene rings is 1. The Kier molecular flexibility index (Phi) is 3.69. The van der Waals surface area contributed by atoms with E-state index in [0.717, 1.165) is 9.35 Å². The molecule has 1 heterocycles. The van der Waals surface area contributed by atoms with Gasteiger partial charge >= 0.3 is 0 Å². The van der Waals surface area contributed by atoms with Crippen molar-refractivity contribution in [2.45, 2.75) is 12.8 Å². The second-order valence-corrected chi connectivity index (χ2v) is 4.35. The van der Waals surface area contributed by atoms with E-state index in [-0.39, 0.29) is 5.78 Å². The predicted octanol–water partition coefficient (Wildman–Crippen LogP) is 3.20. The highest BCUT2D eigenvalue weighted by Crippen LogP contribution is 2.20. The lowest BCUT2D eigenvalue weighted by molar-refractivity contribution is -0.117. The van der Waals surface area contributed by atoms with Gasteiger partial charge in [0.1, 0.15) is 5.78 Å². The molecule has 0 radical (unpaired) electrons. The molecule has 0 unspecified atom stereocenters. The zero-order valence-electron chi connectivity index (χ0n) is 6.55. The SMILES string of the molecule is C=CCC(=O)Cc1cc(Br)cs1. The standard InChI is InChI=1S/C9H9BrOS/c1-2-3-8(11)5-9-4-7(10)6-12-9/h2,4,6H,1,3,5H2. The zero-order valence-corrected chi connectivity index (χ0v) is 8.95. The van der Waals surface area contributed by atoms with Crippen LogP contribution in [0.2, 0.25) is 0 Å². The molecule has 1 nitrogen and oxygen atoms in total. The van der Waals surface area contributed by atoms with E-state index >= 15 is 0 Å². The van der Waals surface area contributed by atoms with Gasteiger partial charge in [0, 0.05) is 27.6 Å². The minimum atomic E-state index is 0.222. The molecule has 0 fully saturated rings. The van der Waals surface area contributed by atoms with Crippen LogP contribution >= 0.6 is 27.3 Å². The van der Waals surface area contributed by atoms with Gasteiger partial charge in [-0.25, -0.2) is 0 Å². The van der Waals surface area contributed by atoms with Crippen LogP contribution in [-0.2, 0) is 11.2 Å².